The van der Waals surface area contributed by atoms with Gasteiger partial charge in [-0.25, -0.2) is 9.37 Å². The van der Waals surface area contributed by atoms with E-state index in [0.29, 0.717) is 17.8 Å². The van der Waals surface area contributed by atoms with E-state index in [1.807, 2.05) is 0 Å². The van der Waals surface area contributed by atoms with E-state index in [-0.39, 0.29) is 11.7 Å². The van der Waals surface area contributed by atoms with Crippen LogP contribution in [0.5, 0.6) is 5.75 Å². The van der Waals surface area contributed by atoms with E-state index < -0.39 is 5.82 Å². The van der Waals surface area contributed by atoms with E-state index in [9.17, 15) is 4.39 Å². The topological polar surface area (TPSA) is 87.0 Å². The molecule has 0 radical (unpaired) electrons. The first-order chi connectivity index (χ1) is 8.60. The summed E-state index contributed by atoms with van der Waals surface area (Å²) in [5, 5.41) is 0. The number of methoxy groups -OCH3 is 1. The highest BCUT2D eigenvalue weighted by Crippen LogP contribution is 2.21. The molecule has 0 aliphatic heterocycles. The average Bonchev–Trinajstić information content (AvgIpc) is 2.33. The maximum Gasteiger partial charge on any atom is 0.221 e. The number of anilines is 2. The van der Waals surface area contributed by atoms with Gasteiger partial charge in [0.15, 0.2) is 11.6 Å². The lowest BCUT2D eigenvalue weighted by atomic mass is 10.1. The Morgan fingerprint density at radius 2 is 2.11 bits per heavy atom. The number of ether oxygens (including phenoxy) is 1. The van der Waals surface area contributed by atoms with Crippen LogP contribution in [0.3, 0.4) is 0 Å². The second-order valence-electron chi connectivity index (χ2n) is 3.78. The van der Waals surface area contributed by atoms with Crippen LogP contribution in [-0.2, 0) is 6.42 Å². The van der Waals surface area contributed by atoms with Crippen LogP contribution in [0.1, 0.15) is 11.1 Å². The molecule has 18 heavy (non-hydrogen) atoms. The molecule has 4 N–H and O–H groups in total. The summed E-state index contributed by atoms with van der Waals surface area (Å²) in [6, 6.07) is 4.73. The molecule has 94 valence electrons. The van der Waals surface area contributed by atoms with Crippen molar-refractivity contribution < 1.29 is 9.13 Å². The minimum atomic E-state index is -0.412. The Labute approximate surface area is 104 Å². The number of rotatable bonds is 3. The third kappa shape index (κ3) is 2.48. The van der Waals surface area contributed by atoms with Crippen LogP contribution in [-0.4, -0.2) is 17.1 Å². The van der Waals surface area contributed by atoms with Crippen LogP contribution in [0.2, 0.25) is 0 Å². The second-order valence-corrected chi connectivity index (χ2v) is 3.78. The maximum atomic E-state index is 13.5. The number of nitrogens with zero attached hydrogens (tertiary/aromatic N) is 2. The number of halogens is 1. The van der Waals surface area contributed by atoms with Crippen molar-refractivity contribution in [1.82, 2.24) is 9.97 Å². The summed E-state index contributed by atoms with van der Waals surface area (Å²) in [6.45, 7) is 0. The molecule has 1 heterocycles. The highest BCUT2D eigenvalue weighted by Gasteiger charge is 2.07. The normalized spacial score (nSPS) is 10.3. The van der Waals surface area contributed by atoms with Gasteiger partial charge in [0.1, 0.15) is 5.82 Å². The molecule has 0 atom stereocenters. The first-order valence-corrected chi connectivity index (χ1v) is 5.29. The molecule has 0 saturated heterocycles. The molecular formula is C12H13FN4O. The lowest BCUT2D eigenvalue weighted by Crippen LogP contribution is -2.04. The van der Waals surface area contributed by atoms with E-state index in [4.69, 9.17) is 16.2 Å². The fraction of sp³-hybridized carbons (Fsp3) is 0.167. The summed E-state index contributed by atoms with van der Waals surface area (Å²) in [7, 11) is 1.42. The van der Waals surface area contributed by atoms with Crippen LogP contribution in [0.25, 0.3) is 0 Å². The Bertz CT molecular complexity index is 574. The van der Waals surface area contributed by atoms with Gasteiger partial charge >= 0.3 is 0 Å². The van der Waals surface area contributed by atoms with Gasteiger partial charge in [0.05, 0.1) is 7.11 Å². The zero-order valence-corrected chi connectivity index (χ0v) is 9.85. The van der Waals surface area contributed by atoms with E-state index in [2.05, 4.69) is 9.97 Å². The summed E-state index contributed by atoms with van der Waals surface area (Å²) in [5.41, 5.74) is 12.6. The molecule has 1 aromatic heterocycles. The minimum Gasteiger partial charge on any atom is -0.494 e. The molecular weight excluding hydrogens is 235 g/mol. The second kappa shape index (κ2) is 4.87. The van der Waals surface area contributed by atoms with Crippen molar-refractivity contribution in [2.24, 2.45) is 0 Å². The molecule has 2 aromatic rings. The Balaban J connectivity index is 2.26. The minimum absolute atomic E-state index is 0.122. The average molecular weight is 248 g/mol. The highest BCUT2D eigenvalue weighted by molar-refractivity contribution is 5.44. The Kier molecular flexibility index (Phi) is 3.27. The van der Waals surface area contributed by atoms with Gasteiger partial charge in [-0.1, -0.05) is 6.07 Å². The molecule has 0 spiro atoms. The lowest BCUT2D eigenvalue weighted by Gasteiger charge is -2.07. The van der Waals surface area contributed by atoms with Gasteiger partial charge in [-0.15, -0.1) is 0 Å². The van der Waals surface area contributed by atoms with Gasteiger partial charge in [-0.05, 0) is 17.7 Å². The predicted octanol–water partition coefficient (Wildman–Crippen LogP) is 1.38. The summed E-state index contributed by atoms with van der Waals surface area (Å²) in [6.07, 6.45) is 1.98. The zero-order valence-electron chi connectivity index (χ0n) is 9.85. The zero-order chi connectivity index (χ0) is 13.1. The van der Waals surface area contributed by atoms with Crippen LogP contribution in [0.15, 0.2) is 24.4 Å². The van der Waals surface area contributed by atoms with Crippen LogP contribution in [0, 0.1) is 5.82 Å². The SMILES string of the molecule is COc1ccc(Cc2cnc(N)nc2N)cc1F. The van der Waals surface area contributed by atoms with Gasteiger partial charge in [-0.2, -0.15) is 4.98 Å². The quantitative estimate of drug-likeness (QED) is 0.856. The molecule has 0 fully saturated rings. The van der Waals surface area contributed by atoms with Crippen molar-refractivity contribution >= 4 is 11.8 Å². The summed E-state index contributed by atoms with van der Waals surface area (Å²) in [5.74, 6) is 0.223. The van der Waals surface area contributed by atoms with Crippen molar-refractivity contribution in [3.8, 4) is 5.75 Å². The van der Waals surface area contributed by atoms with E-state index >= 15 is 0 Å². The van der Waals surface area contributed by atoms with Gasteiger partial charge in [-0.3, -0.25) is 0 Å². The molecule has 0 amide bonds. The number of nitrogens with two attached hydrogens (primary N) is 2. The lowest BCUT2D eigenvalue weighted by molar-refractivity contribution is 0.386. The van der Waals surface area contributed by atoms with E-state index in [1.165, 1.54) is 13.2 Å². The van der Waals surface area contributed by atoms with E-state index in [0.717, 1.165) is 5.56 Å². The fourth-order valence-electron chi connectivity index (χ4n) is 1.61. The molecule has 5 nitrogen and oxygen atoms in total. The number of hydrogen-bond acceptors (Lipinski definition) is 5. The van der Waals surface area contributed by atoms with Crippen molar-refractivity contribution in [3.05, 3.63) is 41.3 Å². The Morgan fingerprint density at radius 3 is 2.72 bits per heavy atom. The molecule has 2 rings (SSSR count). The van der Waals surface area contributed by atoms with Crippen LogP contribution >= 0.6 is 0 Å². The molecule has 0 saturated carbocycles. The van der Waals surface area contributed by atoms with Gasteiger partial charge in [0, 0.05) is 18.2 Å². The number of aromatic nitrogens is 2. The van der Waals surface area contributed by atoms with Gasteiger partial charge in [0.25, 0.3) is 0 Å². The first kappa shape index (κ1) is 12.1. The van der Waals surface area contributed by atoms with Crippen molar-refractivity contribution in [2.45, 2.75) is 6.42 Å². The Hall–Kier alpha value is -2.37. The Morgan fingerprint density at radius 1 is 1.33 bits per heavy atom. The molecule has 0 aliphatic rings. The van der Waals surface area contributed by atoms with Gasteiger partial charge < -0.3 is 16.2 Å². The first-order valence-electron chi connectivity index (χ1n) is 5.29. The molecule has 1 aromatic carbocycles. The summed E-state index contributed by atoms with van der Waals surface area (Å²) < 4.78 is 18.4. The summed E-state index contributed by atoms with van der Waals surface area (Å²) in [4.78, 5) is 7.71. The van der Waals surface area contributed by atoms with E-state index in [1.54, 1.807) is 18.3 Å². The van der Waals surface area contributed by atoms with Gasteiger partial charge in [0.2, 0.25) is 5.95 Å². The van der Waals surface area contributed by atoms with Crippen molar-refractivity contribution in [2.75, 3.05) is 18.6 Å². The smallest absolute Gasteiger partial charge is 0.221 e. The van der Waals surface area contributed by atoms with Crippen molar-refractivity contribution in [1.29, 1.82) is 0 Å². The summed E-state index contributed by atoms with van der Waals surface area (Å²) >= 11 is 0. The maximum absolute atomic E-state index is 13.5. The molecule has 6 heteroatoms. The fourth-order valence-corrected chi connectivity index (χ4v) is 1.61. The molecule has 0 unspecified atom stereocenters. The highest BCUT2D eigenvalue weighted by atomic mass is 19.1. The third-order valence-corrected chi connectivity index (χ3v) is 2.53. The van der Waals surface area contributed by atoms with Crippen LogP contribution < -0.4 is 16.2 Å². The predicted molar refractivity (Wildman–Crippen MR) is 66.6 cm³/mol. The largest absolute Gasteiger partial charge is 0.494 e. The third-order valence-electron chi connectivity index (χ3n) is 2.53. The molecule has 0 bridgehead atoms. The number of nitrogen functional groups attached to an aromatic ring is 2. The standard InChI is InChI=1S/C12H13FN4O/c1-18-10-3-2-7(5-9(10)13)4-8-6-16-12(15)17-11(8)14/h2-3,5-6H,4H2,1H3,(H4,14,15,16,17). The molecule has 0 aliphatic carbocycles. The number of hydrogen-bond donors (Lipinski definition) is 2. The van der Waals surface area contributed by atoms with Crippen molar-refractivity contribution in [3.63, 3.8) is 0 Å². The number of benzene rings is 1. The monoisotopic (exact) mass is 248 g/mol. The van der Waals surface area contributed by atoms with Crippen LogP contribution in [0.4, 0.5) is 16.2 Å².